The number of benzene rings is 1. The summed E-state index contributed by atoms with van der Waals surface area (Å²) in [6.45, 7) is 7.52. The fraction of sp³-hybridized carbons (Fsp3) is 0.647. The molecule has 0 unspecified atom stereocenters. The lowest BCUT2D eigenvalue weighted by atomic mass is 9.71. The number of hydrogen-bond acceptors (Lipinski definition) is 1. The first-order chi connectivity index (χ1) is 8.48. The van der Waals surface area contributed by atoms with Gasteiger partial charge in [-0.25, -0.2) is 0 Å². The summed E-state index contributed by atoms with van der Waals surface area (Å²) in [7, 11) is 1.74. The Morgan fingerprint density at radius 2 is 1.78 bits per heavy atom. The maximum atomic E-state index is 5.29. The summed E-state index contributed by atoms with van der Waals surface area (Å²) < 4.78 is 5.29. The van der Waals surface area contributed by atoms with Crippen LogP contribution in [0.1, 0.15) is 39.2 Å². The van der Waals surface area contributed by atoms with E-state index < -0.39 is 0 Å². The molecule has 0 aliphatic heterocycles. The van der Waals surface area contributed by atoms with Crippen LogP contribution in [-0.4, -0.2) is 7.11 Å². The van der Waals surface area contributed by atoms with Gasteiger partial charge < -0.3 is 4.74 Å². The minimum atomic E-state index is 0.455. The summed E-state index contributed by atoms with van der Waals surface area (Å²) in [5.41, 5.74) is 3.06. The van der Waals surface area contributed by atoms with Crippen LogP contribution in [0.2, 0.25) is 0 Å². The second kappa shape index (κ2) is 2.79. The number of methoxy groups -OCH3 is 1. The maximum Gasteiger partial charge on any atom is 0.118 e. The van der Waals surface area contributed by atoms with Gasteiger partial charge in [0.05, 0.1) is 7.11 Å². The van der Waals surface area contributed by atoms with Crippen molar-refractivity contribution in [1.29, 1.82) is 0 Å². The third-order valence-corrected chi connectivity index (χ3v) is 6.88. The van der Waals surface area contributed by atoms with E-state index in [1.165, 1.54) is 12.8 Å². The summed E-state index contributed by atoms with van der Waals surface area (Å²) in [4.78, 5) is 0. The third-order valence-electron chi connectivity index (χ3n) is 6.88. The topological polar surface area (TPSA) is 9.23 Å². The molecule has 0 radical (unpaired) electrons. The second-order valence-corrected chi connectivity index (χ2v) is 7.37. The van der Waals surface area contributed by atoms with Crippen molar-refractivity contribution in [2.24, 2.45) is 22.7 Å². The molecule has 0 spiro atoms. The van der Waals surface area contributed by atoms with Gasteiger partial charge in [-0.15, -0.1) is 0 Å². The van der Waals surface area contributed by atoms with E-state index >= 15 is 0 Å². The molecule has 4 saturated carbocycles. The number of rotatable bonds is 2. The molecule has 1 heteroatoms. The van der Waals surface area contributed by atoms with Crippen LogP contribution in [0.4, 0.5) is 0 Å². The Balaban J connectivity index is 1.85. The standard InChI is InChI=1S/C17H22O/c1-15(2)12-9-14-16(3,10-12)17(14,15)11-5-7-13(18-4)8-6-11/h5-8,12,14H,9-10H2,1-4H3/t12-,14+,16-,17-/m1/s1. The van der Waals surface area contributed by atoms with Gasteiger partial charge in [-0.3, -0.25) is 0 Å². The van der Waals surface area contributed by atoms with Gasteiger partial charge in [0.1, 0.15) is 5.75 Å². The van der Waals surface area contributed by atoms with E-state index in [9.17, 15) is 0 Å². The molecule has 5 rings (SSSR count). The van der Waals surface area contributed by atoms with Gasteiger partial charge in [-0.2, -0.15) is 0 Å². The molecule has 18 heavy (non-hydrogen) atoms. The average molecular weight is 242 g/mol. The Kier molecular flexibility index (Phi) is 1.69. The van der Waals surface area contributed by atoms with Crippen LogP contribution in [-0.2, 0) is 5.41 Å². The van der Waals surface area contributed by atoms with E-state index in [1.54, 1.807) is 12.7 Å². The minimum absolute atomic E-state index is 0.455. The van der Waals surface area contributed by atoms with Gasteiger partial charge in [0.15, 0.2) is 0 Å². The molecular formula is C17H22O. The molecule has 4 fully saturated rings. The monoisotopic (exact) mass is 242 g/mol. The van der Waals surface area contributed by atoms with Crippen molar-refractivity contribution in [2.75, 3.05) is 7.11 Å². The van der Waals surface area contributed by atoms with Crippen LogP contribution < -0.4 is 4.74 Å². The average Bonchev–Trinajstić information content (AvgIpc) is 2.61. The highest BCUT2D eigenvalue weighted by atomic mass is 16.5. The van der Waals surface area contributed by atoms with Crippen LogP contribution >= 0.6 is 0 Å². The normalized spacial score (nSPS) is 46.2. The van der Waals surface area contributed by atoms with Crippen LogP contribution in [0, 0.1) is 22.7 Å². The van der Waals surface area contributed by atoms with Crippen molar-refractivity contribution in [3.05, 3.63) is 29.8 Å². The molecule has 1 aromatic carbocycles. The van der Waals surface area contributed by atoms with Crippen LogP contribution in [0.25, 0.3) is 0 Å². The lowest BCUT2D eigenvalue weighted by Gasteiger charge is -2.33. The zero-order valence-corrected chi connectivity index (χ0v) is 11.8. The van der Waals surface area contributed by atoms with E-state index in [0.717, 1.165) is 17.6 Å². The van der Waals surface area contributed by atoms with E-state index in [2.05, 4.69) is 45.0 Å². The smallest absolute Gasteiger partial charge is 0.118 e. The van der Waals surface area contributed by atoms with Gasteiger partial charge in [-0.05, 0) is 53.2 Å². The largest absolute Gasteiger partial charge is 0.497 e. The molecule has 0 aromatic heterocycles. The van der Waals surface area contributed by atoms with Gasteiger partial charge in [0.2, 0.25) is 0 Å². The second-order valence-electron chi connectivity index (χ2n) is 7.37. The Bertz CT molecular complexity index is 515. The van der Waals surface area contributed by atoms with E-state index in [-0.39, 0.29) is 0 Å². The molecule has 96 valence electrons. The first-order valence-electron chi connectivity index (χ1n) is 7.13. The predicted octanol–water partition coefficient (Wildman–Crippen LogP) is 4.02. The summed E-state index contributed by atoms with van der Waals surface area (Å²) in [6, 6.07) is 8.89. The first kappa shape index (κ1) is 10.9. The molecule has 4 atom stereocenters. The maximum absolute atomic E-state index is 5.29. The summed E-state index contributed by atoms with van der Waals surface area (Å²) in [6.07, 6.45) is 2.90. The lowest BCUT2D eigenvalue weighted by molar-refractivity contribution is 0.237. The van der Waals surface area contributed by atoms with Gasteiger partial charge in [-0.1, -0.05) is 32.9 Å². The fourth-order valence-corrected chi connectivity index (χ4v) is 6.21. The quantitative estimate of drug-likeness (QED) is 0.761. The zero-order chi connectivity index (χ0) is 12.8. The molecule has 0 heterocycles. The molecule has 0 N–H and O–H groups in total. The predicted molar refractivity (Wildman–Crippen MR) is 72.8 cm³/mol. The van der Waals surface area contributed by atoms with Crippen LogP contribution in [0.15, 0.2) is 24.3 Å². The molecule has 1 aromatic rings. The minimum Gasteiger partial charge on any atom is -0.497 e. The zero-order valence-electron chi connectivity index (χ0n) is 11.8. The third kappa shape index (κ3) is 0.820. The lowest BCUT2D eigenvalue weighted by Crippen LogP contribution is -2.29. The summed E-state index contributed by atoms with van der Waals surface area (Å²) in [5, 5.41) is 0. The molecule has 4 aliphatic carbocycles. The molecule has 0 saturated heterocycles. The molecule has 4 aliphatic rings. The highest BCUT2D eigenvalue weighted by Gasteiger charge is 2.89. The van der Waals surface area contributed by atoms with Gasteiger partial charge >= 0.3 is 0 Å². The molecule has 1 nitrogen and oxygen atoms in total. The Labute approximate surface area is 110 Å². The Morgan fingerprint density at radius 1 is 1.11 bits per heavy atom. The molecular weight excluding hydrogens is 220 g/mol. The van der Waals surface area contributed by atoms with Crippen molar-refractivity contribution in [2.45, 2.75) is 39.0 Å². The highest BCUT2D eigenvalue weighted by molar-refractivity contribution is 5.52. The van der Waals surface area contributed by atoms with E-state index in [1.807, 2.05) is 0 Å². The Morgan fingerprint density at radius 3 is 2.17 bits per heavy atom. The van der Waals surface area contributed by atoms with Gasteiger partial charge in [0, 0.05) is 5.41 Å². The summed E-state index contributed by atoms with van der Waals surface area (Å²) in [5.74, 6) is 2.84. The van der Waals surface area contributed by atoms with E-state index in [4.69, 9.17) is 4.74 Å². The van der Waals surface area contributed by atoms with Crippen LogP contribution in [0.5, 0.6) is 5.75 Å². The SMILES string of the molecule is COc1ccc([C@]23[C@H]4C[C@H](C[C@]42C)C3(C)C)cc1. The van der Waals surface area contributed by atoms with Gasteiger partial charge in [0.25, 0.3) is 0 Å². The van der Waals surface area contributed by atoms with Crippen molar-refractivity contribution in [3.63, 3.8) is 0 Å². The van der Waals surface area contributed by atoms with Crippen molar-refractivity contribution in [1.82, 2.24) is 0 Å². The molecule has 0 amide bonds. The van der Waals surface area contributed by atoms with Crippen molar-refractivity contribution < 1.29 is 4.74 Å². The van der Waals surface area contributed by atoms with Crippen LogP contribution in [0.3, 0.4) is 0 Å². The van der Waals surface area contributed by atoms with Crippen molar-refractivity contribution in [3.8, 4) is 5.75 Å². The van der Waals surface area contributed by atoms with Crippen molar-refractivity contribution >= 4 is 0 Å². The summed E-state index contributed by atoms with van der Waals surface area (Å²) >= 11 is 0. The Hall–Kier alpha value is -0.980. The highest BCUT2D eigenvalue weighted by Crippen LogP contribution is 2.92. The first-order valence-corrected chi connectivity index (χ1v) is 7.13. The fourth-order valence-electron chi connectivity index (χ4n) is 6.21. The number of ether oxygens (including phenoxy) is 1. The number of hydrogen-bond donors (Lipinski definition) is 0. The molecule has 4 bridgehead atoms. The van der Waals surface area contributed by atoms with E-state index in [0.29, 0.717) is 16.2 Å².